The quantitative estimate of drug-likeness (QED) is 0.329. The van der Waals surface area contributed by atoms with E-state index in [1.54, 1.807) is 27.4 Å². The molecule has 1 saturated carbocycles. The van der Waals surface area contributed by atoms with Crippen molar-refractivity contribution in [3.8, 4) is 5.75 Å². The Morgan fingerprint density at radius 1 is 0.860 bits per heavy atom. The molecule has 2 aromatic carbocycles. The molecule has 0 spiro atoms. The molecule has 0 aromatic heterocycles. The number of carboxylic acid groups (broad SMARTS) is 1. The van der Waals surface area contributed by atoms with Crippen molar-refractivity contribution in [2.24, 2.45) is 17.8 Å². The van der Waals surface area contributed by atoms with Crippen LogP contribution in [-0.2, 0) is 25.2 Å². The summed E-state index contributed by atoms with van der Waals surface area (Å²) < 4.78 is 58.6. The van der Waals surface area contributed by atoms with Gasteiger partial charge in [0.05, 0.1) is 37.2 Å². The molecule has 50 heavy (non-hydrogen) atoms. The SMILES string of the molecule is COC[C@H]1CN(C(=O)[C@@H]2CN(C3CCC(OC)CC3)C[C@H]2c2ccc(OC)cc2)C[C@@H]1c1ccc(C(F)(F)F)cc1N1CCC(C(=O)O)CC1. The second-order valence-electron chi connectivity index (χ2n) is 14.5. The van der Waals surface area contributed by atoms with Gasteiger partial charge in [-0.3, -0.25) is 14.5 Å². The Morgan fingerprint density at radius 3 is 2.16 bits per heavy atom. The number of alkyl halides is 3. The number of carbonyl (C=O) groups is 2. The summed E-state index contributed by atoms with van der Waals surface area (Å²) >= 11 is 0. The number of carbonyl (C=O) groups excluding carboxylic acids is 1. The van der Waals surface area contributed by atoms with E-state index in [0.717, 1.165) is 55.2 Å². The molecule has 9 nitrogen and oxygen atoms in total. The molecule has 1 N–H and O–H groups in total. The van der Waals surface area contributed by atoms with Gasteiger partial charge in [0.1, 0.15) is 5.75 Å². The first-order valence-corrected chi connectivity index (χ1v) is 17.9. The summed E-state index contributed by atoms with van der Waals surface area (Å²) in [6, 6.07) is 12.3. The zero-order chi connectivity index (χ0) is 35.6. The van der Waals surface area contributed by atoms with Crippen LogP contribution in [0, 0.1) is 17.8 Å². The number of piperidine rings is 1. The van der Waals surface area contributed by atoms with Crippen LogP contribution in [0.2, 0.25) is 0 Å². The van der Waals surface area contributed by atoms with E-state index in [1.165, 1.54) is 6.07 Å². The number of ether oxygens (including phenoxy) is 3. The summed E-state index contributed by atoms with van der Waals surface area (Å²) in [5, 5.41) is 9.53. The van der Waals surface area contributed by atoms with Crippen LogP contribution in [0.25, 0.3) is 0 Å². The van der Waals surface area contributed by atoms with Gasteiger partial charge in [0.2, 0.25) is 5.91 Å². The maximum Gasteiger partial charge on any atom is 0.416 e. The molecule has 1 amide bonds. The van der Waals surface area contributed by atoms with Crippen LogP contribution in [0.4, 0.5) is 18.9 Å². The fourth-order valence-electron chi connectivity index (χ4n) is 8.91. The van der Waals surface area contributed by atoms with Crippen molar-refractivity contribution in [1.29, 1.82) is 0 Å². The lowest BCUT2D eigenvalue weighted by atomic mass is 9.86. The second kappa shape index (κ2) is 15.5. The van der Waals surface area contributed by atoms with Crippen molar-refractivity contribution >= 4 is 17.6 Å². The van der Waals surface area contributed by atoms with Gasteiger partial charge in [-0.05, 0) is 73.9 Å². The van der Waals surface area contributed by atoms with Crippen molar-refractivity contribution in [3.63, 3.8) is 0 Å². The highest BCUT2D eigenvalue weighted by molar-refractivity contribution is 5.81. The number of hydrogen-bond acceptors (Lipinski definition) is 7. The van der Waals surface area contributed by atoms with Gasteiger partial charge in [-0.25, -0.2) is 0 Å². The van der Waals surface area contributed by atoms with E-state index in [4.69, 9.17) is 14.2 Å². The standard InChI is InChI=1S/C38H50F3N3O6/c1-48-23-26-19-44(21-33(26)31-13-6-27(38(39,40)41)18-35(31)42-16-14-25(15-17-42)37(46)47)36(45)34-22-43(28-7-11-30(50-3)12-8-28)20-32(34)24-4-9-29(49-2)10-5-24/h4-6,9-10,13,18,25-26,28,30,32-34H,7-8,11-12,14-17,19-23H2,1-3H3,(H,46,47)/t26-,28?,30?,32+,33+,34-/m1/s1. The summed E-state index contributed by atoms with van der Waals surface area (Å²) in [4.78, 5) is 32.6. The molecule has 3 aliphatic heterocycles. The second-order valence-corrected chi connectivity index (χ2v) is 14.5. The highest BCUT2D eigenvalue weighted by Crippen LogP contribution is 2.44. The fourth-order valence-corrected chi connectivity index (χ4v) is 8.91. The molecule has 4 fully saturated rings. The maximum atomic E-state index is 14.7. The number of benzene rings is 2. The molecular weight excluding hydrogens is 651 g/mol. The lowest BCUT2D eigenvalue weighted by Crippen LogP contribution is -2.40. The zero-order valence-electron chi connectivity index (χ0n) is 29.2. The molecule has 1 aliphatic carbocycles. The summed E-state index contributed by atoms with van der Waals surface area (Å²) in [5.74, 6) is -1.20. The first-order valence-electron chi connectivity index (χ1n) is 17.9. The molecule has 12 heteroatoms. The smallest absolute Gasteiger partial charge is 0.416 e. The van der Waals surface area contributed by atoms with E-state index in [1.807, 2.05) is 21.9 Å². The zero-order valence-corrected chi connectivity index (χ0v) is 29.2. The van der Waals surface area contributed by atoms with Gasteiger partial charge in [-0.2, -0.15) is 13.2 Å². The number of nitrogens with zero attached hydrogens (tertiary/aromatic N) is 3. The van der Waals surface area contributed by atoms with Crippen LogP contribution in [0.5, 0.6) is 5.75 Å². The first-order chi connectivity index (χ1) is 24.0. The van der Waals surface area contributed by atoms with Crippen molar-refractivity contribution in [2.75, 3.05) is 72.1 Å². The number of anilines is 1. The minimum atomic E-state index is -4.52. The minimum absolute atomic E-state index is 0.00867. The van der Waals surface area contributed by atoms with Crippen LogP contribution in [-0.4, -0.2) is 106 Å². The van der Waals surface area contributed by atoms with Crippen molar-refractivity contribution in [1.82, 2.24) is 9.80 Å². The number of rotatable bonds is 10. The third-order valence-corrected chi connectivity index (χ3v) is 11.8. The van der Waals surface area contributed by atoms with E-state index in [0.29, 0.717) is 63.9 Å². The Balaban J connectivity index is 1.27. The van der Waals surface area contributed by atoms with Crippen LogP contribution in [0.1, 0.15) is 67.1 Å². The monoisotopic (exact) mass is 701 g/mol. The minimum Gasteiger partial charge on any atom is -0.497 e. The van der Waals surface area contributed by atoms with Crippen molar-refractivity contribution in [2.45, 2.75) is 68.7 Å². The van der Waals surface area contributed by atoms with Crippen LogP contribution in [0.15, 0.2) is 42.5 Å². The van der Waals surface area contributed by atoms with Crippen LogP contribution >= 0.6 is 0 Å². The Hall–Kier alpha value is -3.35. The Bertz CT molecular complexity index is 1470. The molecule has 0 unspecified atom stereocenters. The molecule has 0 radical (unpaired) electrons. The number of carboxylic acids is 1. The predicted octanol–water partition coefficient (Wildman–Crippen LogP) is 5.88. The average Bonchev–Trinajstić information content (AvgIpc) is 3.76. The first kappa shape index (κ1) is 36.4. The summed E-state index contributed by atoms with van der Waals surface area (Å²) in [6.45, 7) is 3.31. The van der Waals surface area contributed by atoms with E-state index < -0.39 is 23.6 Å². The highest BCUT2D eigenvalue weighted by atomic mass is 19.4. The highest BCUT2D eigenvalue weighted by Gasteiger charge is 2.47. The van der Waals surface area contributed by atoms with Crippen molar-refractivity contribution < 1.29 is 42.1 Å². The lowest BCUT2D eigenvalue weighted by Gasteiger charge is -2.35. The van der Waals surface area contributed by atoms with Gasteiger partial charge < -0.3 is 29.1 Å². The number of likely N-dealkylation sites (tertiary alicyclic amines) is 2. The van der Waals surface area contributed by atoms with Crippen LogP contribution < -0.4 is 9.64 Å². The number of amides is 1. The lowest BCUT2D eigenvalue weighted by molar-refractivity contribution is -0.142. The molecule has 274 valence electrons. The number of methoxy groups -OCH3 is 3. The molecule has 4 aliphatic rings. The normalized spacial score (nSPS) is 28.3. The fraction of sp³-hybridized carbons (Fsp3) is 0.632. The number of halogens is 3. The average molecular weight is 702 g/mol. The Labute approximate surface area is 292 Å². The van der Waals surface area contributed by atoms with Gasteiger partial charge in [-0.1, -0.05) is 18.2 Å². The molecule has 2 aromatic rings. The molecular formula is C38H50F3N3O6. The molecule has 0 bridgehead atoms. The Morgan fingerprint density at radius 2 is 1.56 bits per heavy atom. The van der Waals surface area contributed by atoms with Gasteiger partial charge in [0, 0.05) is 83.0 Å². The number of aliphatic carboxylic acids is 1. The topological polar surface area (TPSA) is 91.8 Å². The van der Waals surface area contributed by atoms with E-state index in [9.17, 15) is 27.9 Å². The predicted molar refractivity (Wildman–Crippen MR) is 183 cm³/mol. The van der Waals surface area contributed by atoms with E-state index in [-0.39, 0.29) is 35.7 Å². The van der Waals surface area contributed by atoms with E-state index >= 15 is 0 Å². The summed E-state index contributed by atoms with van der Waals surface area (Å²) in [7, 11) is 5.01. The largest absolute Gasteiger partial charge is 0.497 e. The van der Waals surface area contributed by atoms with Gasteiger partial charge in [0.15, 0.2) is 0 Å². The van der Waals surface area contributed by atoms with Crippen molar-refractivity contribution in [3.05, 3.63) is 59.2 Å². The van der Waals surface area contributed by atoms with Gasteiger partial charge in [0.25, 0.3) is 0 Å². The third-order valence-electron chi connectivity index (χ3n) is 11.8. The maximum absolute atomic E-state index is 14.7. The van der Waals surface area contributed by atoms with E-state index in [2.05, 4.69) is 17.0 Å². The summed E-state index contributed by atoms with van der Waals surface area (Å²) in [6.07, 6.45) is 0.525. The van der Waals surface area contributed by atoms with Gasteiger partial charge in [-0.15, -0.1) is 0 Å². The molecule has 4 atom stereocenters. The number of hydrogen-bond donors (Lipinski definition) is 1. The molecule has 3 heterocycles. The molecule has 6 rings (SSSR count). The van der Waals surface area contributed by atoms with Gasteiger partial charge >= 0.3 is 12.1 Å². The molecule has 3 saturated heterocycles. The Kier molecular flexibility index (Phi) is 11.3. The van der Waals surface area contributed by atoms with Crippen LogP contribution in [0.3, 0.4) is 0 Å². The third kappa shape index (κ3) is 7.77. The summed E-state index contributed by atoms with van der Waals surface area (Å²) in [5.41, 5.74) is 1.58.